The summed E-state index contributed by atoms with van der Waals surface area (Å²) in [6.45, 7) is 4.62. The molecule has 0 N–H and O–H groups in total. The van der Waals surface area contributed by atoms with Crippen molar-refractivity contribution in [2.24, 2.45) is 0 Å². The van der Waals surface area contributed by atoms with Crippen LogP contribution in [0.25, 0.3) is 0 Å². The van der Waals surface area contributed by atoms with Gasteiger partial charge in [-0.15, -0.1) is 0 Å². The average Bonchev–Trinajstić information content (AvgIpc) is 2.18. The lowest BCUT2D eigenvalue weighted by atomic mass is 10.2. The Balaban J connectivity index is 3.81. The Morgan fingerprint density at radius 2 is 2.07 bits per heavy atom. The molecular weight excluding hydrogens is 184 g/mol. The Hall–Kier alpha value is -1.06. The molecule has 0 saturated heterocycles. The summed E-state index contributed by atoms with van der Waals surface area (Å²) in [6, 6.07) is 0. The van der Waals surface area contributed by atoms with E-state index in [0.29, 0.717) is 19.5 Å². The van der Waals surface area contributed by atoms with E-state index in [-0.39, 0.29) is 0 Å². The predicted octanol–water partition coefficient (Wildman–Crippen LogP) is 1.67. The third kappa shape index (κ3) is 5.56. The van der Waals surface area contributed by atoms with Crippen LogP contribution in [0.1, 0.15) is 39.5 Å². The maximum absolute atomic E-state index is 11.3. The summed E-state index contributed by atoms with van der Waals surface area (Å²) in [5, 5.41) is 0. The van der Waals surface area contributed by atoms with Crippen molar-refractivity contribution in [1.82, 2.24) is 0 Å². The van der Waals surface area contributed by atoms with Crippen LogP contribution in [-0.4, -0.2) is 25.2 Å². The summed E-state index contributed by atoms with van der Waals surface area (Å²) >= 11 is 0. The van der Waals surface area contributed by atoms with Gasteiger partial charge in [0.05, 0.1) is 6.61 Å². The molecular formula is C10H18O4. The molecule has 0 rings (SSSR count). The highest BCUT2D eigenvalue weighted by Gasteiger charge is 2.19. The number of unbranched alkanes of at least 4 members (excludes halogenated alkanes) is 1. The molecule has 0 aromatic heterocycles. The number of carbonyl (C=O) groups is 2. The van der Waals surface area contributed by atoms with E-state index < -0.39 is 12.1 Å². The van der Waals surface area contributed by atoms with Crippen LogP contribution in [0, 0.1) is 0 Å². The van der Waals surface area contributed by atoms with Crippen LogP contribution in [0.4, 0.5) is 0 Å². The standard InChI is InChI=1S/C10H18O4/c1-3-5-7-13-10(12)9(6-4-2)14-8-11/h8-9H,3-7H2,1-2H3. The third-order valence-corrected chi connectivity index (χ3v) is 1.78. The van der Waals surface area contributed by atoms with Gasteiger partial charge < -0.3 is 9.47 Å². The fraction of sp³-hybridized carbons (Fsp3) is 0.800. The van der Waals surface area contributed by atoms with Crippen LogP contribution in [0.15, 0.2) is 0 Å². The van der Waals surface area contributed by atoms with E-state index in [1.54, 1.807) is 0 Å². The lowest BCUT2D eigenvalue weighted by molar-refractivity contribution is -0.162. The van der Waals surface area contributed by atoms with Gasteiger partial charge in [0.25, 0.3) is 6.47 Å². The first-order valence-corrected chi connectivity index (χ1v) is 5.02. The molecule has 82 valence electrons. The van der Waals surface area contributed by atoms with E-state index in [0.717, 1.165) is 19.3 Å². The third-order valence-electron chi connectivity index (χ3n) is 1.78. The number of hydrogen-bond donors (Lipinski definition) is 0. The molecule has 0 fully saturated rings. The Labute approximate surface area is 84.6 Å². The van der Waals surface area contributed by atoms with Crippen molar-refractivity contribution in [1.29, 1.82) is 0 Å². The molecule has 0 radical (unpaired) electrons. The van der Waals surface area contributed by atoms with Crippen molar-refractivity contribution in [3.8, 4) is 0 Å². The second-order valence-electron chi connectivity index (χ2n) is 3.03. The van der Waals surface area contributed by atoms with E-state index in [9.17, 15) is 9.59 Å². The molecule has 0 heterocycles. The second-order valence-corrected chi connectivity index (χ2v) is 3.03. The largest absolute Gasteiger partial charge is 0.463 e. The Kier molecular flexibility index (Phi) is 7.89. The first-order chi connectivity index (χ1) is 6.76. The van der Waals surface area contributed by atoms with Crippen LogP contribution in [0.5, 0.6) is 0 Å². The van der Waals surface area contributed by atoms with E-state index in [2.05, 4.69) is 4.74 Å². The number of esters is 1. The zero-order valence-corrected chi connectivity index (χ0v) is 8.82. The highest BCUT2D eigenvalue weighted by molar-refractivity contribution is 5.75. The van der Waals surface area contributed by atoms with Crippen molar-refractivity contribution in [2.75, 3.05) is 6.61 Å². The van der Waals surface area contributed by atoms with Gasteiger partial charge >= 0.3 is 5.97 Å². The van der Waals surface area contributed by atoms with E-state index in [4.69, 9.17) is 4.74 Å². The smallest absolute Gasteiger partial charge is 0.347 e. The number of rotatable bonds is 8. The minimum Gasteiger partial charge on any atom is -0.463 e. The zero-order chi connectivity index (χ0) is 10.8. The van der Waals surface area contributed by atoms with Gasteiger partial charge in [-0.3, -0.25) is 4.79 Å². The molecule has 0 bridgehead atoms. The summed E-state index contributed by atoms with van der Waals surface area (Å²) in [5.74, 6) is -0.438. The van der Waals surface area contributed by atoms with Crippen molar-refractivity contribution in [3.63, 3.8) is 0 Å². The Morgan fingerprint density at radius 3 is 2.57 bits per heavy atom. The number of ether oxygens (including phenoxy) is 2. The van der Waals surface area contributed by atoms with Gasteiger partial charge in [0, 0.05) is 0 Å². The van der Waals surface area contributed by atoms with Crippen molar-refractivity contribution in [2.45, 2.75) is 45.6 Å². The number of hydrogen-bond acceptors (Lipinski definition) is 4. The predicted molar refractivity (Wildman–Crippen MR) is 51.7 cm³/mol. The molecule has 1 unspecified atom stereocenters. The molecule has 4 heteroatoms. The molecule has 0 aliphatic rings. The zero-order valence-electron chi connectivity index (χ0n) is 8.82. The first-order valence-electron chi connectivity index (χ1n) is 5.02. The summed E-state index contributed by atoms with van der Waals surface area (Å²) in [6.07, 6.45) is 2.38. The van der Waals surface area contributed by atoms with Crippen LogP contribution in [0.2, 0.25) is 0 Å². The van der Waals surface area contributed by atoms with E-state index in [1.165, 1.54) is 0 Å². The molecule has 0 aromatic rings. The van der Waals surface area contributed by atoms with Gasteiger partial charge in [-0.1, -0.05) is 26.7 Å². The fourth-order valence-electron chi connectivity index (χ4n) is 0.981. The molecule has 0 aliphatic heterocycles. The molecule has 0 aliphatic carbocycles. The summed E-state index contributed by atoms with van der Waals surface area (Å²) in [5.41, 5.74) is 0. The lowest BCUT2D eigenvalue weighted by Gasteiger charge is -2.12. The van der Waals surface area contributed by atoms with Crippen molar-refractivity contribution < 1.29 is 19.1 Å². The second kappa shape index (κ2) is 8.53. The van der Waals surface area contributed by atoms with E-state index >= 15 is 0 Å². The first kappa shape index (κ1) is 12.9. The molecule has 0 aromatic carbocycles. The van der Waals surface area contributed by atoms with Gasteiger partial charge in [0.1, 0.15) is 0 Å². The SMILES string of the molecule is CCCCOC(=O)C(CCC)OC=O. The molecule has 0 saturated carbocycles. The van der Waals surface area contributed by atoms with Crippen molar-refractivity contribution in [3.05, 3.63) is 0 Å². The molecule has 4 nitrogen and oxygen atoms in total. The monoisotopic (exact) mass is 202 g/mol. The molecule has 1 atom stereocenters. The van der Waals surface area contributed by atoms with Gasteiger partial charge in [-0.25, -0.2) is 4.79 Å². The highest BCUT2D eigenvalue weighted by Crippen LogP contribution is 2.04. The van der Waals surface area contributed by atoms with Gasteiger partial charge in [0.15, 0.2) is 6.10 Å². The summed E-state index contributed by atoms with van der Waals surface area (Å²) < 4.78 is 9.55. The van der Waals surface area contributed by atoms with Crippen LogP contribution in [0.3, 0.4) is 0 Å². The van der Waals surface area contributed by atoms with Gasteiger partial charge in [-0.2, -0.15) is 0 Å². The fourth-order valence-corrected chi connectivity index (χ4v) is 0.981. The minimum absolute atomic E-state index is 0.293. The van der Waals surface area contributed by atoms with E-state index in [1.807, 2.05) is 13.8 Å². The quantitative estimate of drug-likeness (QED) is 0.341. The van der Waals surface area contributed by atoms with Crippen LogP contribution < -0.4 is 0 Å². The maximum Gasteiger partial charge on any atom is 0.347 e. The molecule has 0 amide bonds. The number of carbonyl (C=O) groups excluding carboxylic acids is 2. The summed E-state index contributed by atoms with van der Waals surface area (Å²) in [4.78, 5) is 21.4. The van der Waals surface area contributed by atoms with Crippen LogP contribution in [-0.2, 0) is 19.1 Å². The normalized spacial score (nSPS) is 11.9. The Bertz CT molecular complexity index is 168. The van der Waals surface area contributed by atoms with Crippen molar-refractivity contribution >= 4 is 12.4 Å². The average molecular weight is 202 g/mol. The molecule has 0 spiro atoms. The minimum atomic E-state index is -0.727. The van der Waals surface area contributed by atoms with Gasteiger partial charge in [0.2, 0.25) is 0 Å². The van der Waals surface area contributed by atoms with Gasteiger partial charge in [-0.05, 0) is 12.8 Å². The highest BCUT2D eigenvalue weighted by atomic mass is 16.6. The lowest BCUT2D eigenvalue weighted by Crippen LogP contribution is -2.26. The topological polar surface area (TPSA) is 52.6 Å². The molecule has 14 heavy (non-hydrogen) atoms. The maximum atomic E-state index is 11.3. The van der Waals surface area contributed by atoms with Crippen LogP contribution >= 0.6 is 0 Å². The Morgan fingerprint density at radius 1 is 1.36 bits per heavy atom. The summed E-state index contributed by atoms with van der Waals surface area (Å²) in [7, 11) is 0.